The van der Waals surface area contributed by atoms with Crippen LogP contribution in [0.25, 0.3) is 11.3 Å². The summed E-state index contributed by atoms with van der Waals surface area (Å²) in [5.41, 5.74) is 2.17. The fraction of sp³-hybridized carbons (Fsp3) is 0.125. The lowest BCUT2D eigenvalue weighted by Crippen LogP contribution is -2.17. The number of halogens is 4. The number of thioether (sulfide) groups is 1. The van der Waals surface area contributed by atoms with Crippen LogP contribution in [0.4, 0.5) is 13.2 Å². The molecule has 0 saturated heterocycles. The molecule has 0 radical (unpaired) electrons. The van der Waals surface area contributed by atoms with Crippen LogP contribution in [-0.4, -0.2) is 36.0 Å². The van der Waals surface area contributed by atoms with E-state index in [1.54, 1.807) is 0 Å². The Balaban J connectivity index is 1.49. The smallest absolute Gasteiger partial charge is 0.406 e. The fourth-order valence-corrected chi connectivity index (χ4v) is 3.57. The summed E-state index contributed by atoms with van der Waals surface area (Å²) in [6.45, 7) is 0. The second kappa shape index (κ2) is 7.43. The van der Waals surface area contributed by atoms with Crippen LogP contribution in [0.2, 0.25) is 0 Å². The van der Waals surface area contributed by atoms with Crippen molar-refractivity contribution in [1.82, 2.24) is 29.6 Å². The minimum Gasteiger partial charge on any atom is -0.406 e. The lowest BCUT2D eigenvalue weighted by Gasteiger charge is -2.09. The molecule has 7 nitrogen and oxygen atoms in total. The molecule has 0 saturated carbocycles. The van der Waals surface area contributed by atoms with Crippen molar-refractivity contribution < 1.29 is 17.9 Å². The van der Waals surface area contributed by atoms with Crippen molar-refractivity contribution >= 4 is 33.3 Å². The maximum atomic E-state index is 12.3. The summed E-state index contributed by atoms with van der Waals surface area (Å²) in [5, 5.41) is 12.0. The van der Waals surface area contributed by atoms with Crippen LogP contribution in [0.15, 0.2) is 58.4 Å². The number of aromatic nitrogens is 6. The summed E-state index contributed by atoms with van der Waals surface area (Å²) >= 11 is 4.78. The van der Waals surface area contributed by atoms with E-state index < -0.39 is 6.36 Å². The number of pyridine rings is 1. The fourth-order valence-electron chi connectivity index (χ4n) is 2.45. The Kier molecular flexibility index (Phi) is 4.98. The third kappa shape index (κ3) is 4.28. The Hall–Kier alpha value is -2.60. The van der Waals surface area contributed by atoms with Gasteiger partial charge < -0.3 is 9.14 Å². The number of hydrogen-bond donors (Lipinski definition) is 0. The average molecular weight is 471 g/mol. The number of tetrazole rings is 1. The summed E-state index contributed by atoms with van der Waals surface area (Å²) in [4.78, 5) is 4.52. The summed E-state index contributed by atoms with van der Waals surface area (Å²) in [6, 6.07) is 9.12. The van der Waals surface area contributed by atoms with E-state index in [1.165, 1.54) is 40.7 Å². The monoisotopic (exact) mass is 470 g/mol. The topological polar surface area (TPSA) is 70.1 Å². The molecule has 0 aliphatic heterocycles. The van der Waals surface area contributed by atoms with Crippen molar-refractivity contribution in [3.8, 4) is 11.4 Å². The molecule has 3 heterocycles. The maximum Gasteiger partial charge on any atom is 0.573 e. The highest BCUT2D eigenvalue weighted by Gasteiger charge is 2.31. The van der Waals surface area contributed by atoms with Crippen LogP contribution in [0.5, 0.6) is 5.75 Å². The zero-order valence-corrected chi connectivity index (χ0v) is 16.2. The van der Waals surface area contributed by atoms with E-state index in [9.17, 15) is 13.2 Å². The zero-order chi connectivity index (χ0) is 19.7. The molecule has 0 aliphatic rings. The molecule has 1 aromatic carbocycles. The largest absolute Gasteiger partial charge is 0.573 e. The Morgan fingerprint density at radius 2 is 1.86 bits per heavy atom. The van der Waals surface area contributed by atoms with Crippen molar-refractivity contribution in [1.29, 1.82) is 0 Å². The minimum absolute atomic E-state index is 0.311. The van der Waals surface area contributed by atoms with E-state index in [2.05, 4.69) is 41.2 Å². The Morgan fingerprint density at radius 1 is 1.07 bits per heavy atom. The molecule has 0 amide bonds. The highest BCUT2D eigenvalue weighted by Crippen LogP contribution is 2.26. The van der Waals surface area contributed by atoms with Crippen LogP contribution < -0.4 is 4.74 Å². The molecule has 4 aromatic rings. The Labute approximate surface area is 168 Å². The number of benzene rings is 1. The SMILES string of the molecule is FC(F)(F)Oc1ccc(-n2nnnc2SCc2cn3cc(Br)ccc3n2)cc1. The van der Waals surface area contributed by atoms with Gasteiger partial charge in [-0.05, 0) is 62.8 Å². The van der Waals surface area contributed by atoms with Crippen molar-refractivity contribution in [3.63, 3.8) is 0 Å². The van der Waals surface area contributed by atoms with E-state index in [-0.39, 0.29) is 5.75 Å². The van der Waals surface area contributed by atoms with Gasteiger partial charge in [-0.15, -0.1) is 18.3 Å². The normalized spacial score (nSPS) is 11.9. The number of rotatable bonds is 5. The van der Waals surface area contributed by atoms with Crippen LogP contribution >= 0.6 is 27.7 Å². The number of imidazole rings is 1. The van der Waals surface area contributed by atoms with E-state index in [0.29, 0.717) is 16.6 Å². The summed E-state index contributed by atoms with van der Waals surface area (Å²) in [6.07, 6.45) is -0.920. The van der Waals surface area contributed by atoms with E-state index in [4.69, 9.17) is 0 Å². The van der Waals surface area contributed by atoms with Gasteiger partial charge in [0.15, 0.2) is 0 Å². The first-order chi connectivity index (χ1) is 13.4. The van der Waals surface area contributed by atoms with Crippen molar-refractivity contribution in [2.24, 2.45) is 0 Å². The van der Waals surface area contributed by atoms with Gasteiger partial charge in [0.2, 0.25) is 5.16 Å². The number of nitrogens with zero attached hydrogens (tertiary/aromatic N) is 6. The molecule has 0 atom stereocenters. The molecule has 144 valence electrons. The van der Waals surface area contributed by atoms with Crippen LogP contribution in [0.1, 0.15) is 5.69 Å². The average Bonchev–Trinajstić information content (AvgIpc) is 3.25. The first-order valence-electron chi connectivity index (χ1n) is 7.78. The van der Waals surface area contributed by atoms with Crippen molar-refractivity contribution in [2.75, 3.05) is 0 Å². The van der Waals surface area contributed by atoms with Gasteiger partial charge in [0.05, 0.1) is 11.4 Å². The van der Waals surface area contributed by atoms with E-state index in [0.717, 1.165) is 15.8 Å². The van der Waals surface area contributed by atoms with Gasteiger partial charge in [-0.25, -0.2) is 4.98 Å². The molecule has 0 bridgehead atoms. The Bertz CT molecular complexity index is 1110. The molecule has 3 aromatic heterocycles. The summed E-state index contributed by atoms with van der Waals surface area (Å²) in [7, 11) is 0. The van der Waals surface area contributed by atoms with Crippen molar-refractivity contribution in [3.05, 3.63) is 59.0 Å². The zero-order valence-electron chi connectivity index (χ0n) is 13.8. The van der Waals surface area contributed by atoms with Crippen LogP contribution in [-0.2, 0) is 5.75 Å². The molecule has 0 fully saturated rings. The minimum atomic E-state index is -4.74. The molecule has 12 heteroatoms. The molecule has 0 spiro atoms. The summed E-state index contributed by atoms with van der Waals surface area (Å²) < 4.78 is 45.0. The third-order valence-electron chi connectivity index (χ3n) is 3.57. The maximum absolute atomic E-state index is 12.3. The molecule has 0 unspecified atom stereocenters. The Morgan fingerprint density at radius 3 is 2.61 bits per heavy atom. The highest BCUT2D eigenvalue weighted by atomic mass is 79.9. The van der Waals surface area contributed by atoms with Crippen LogP contribution in [0.3, 0.4) is 0 Å². The number of fused-ring (bicyclic) bond motifs is 1. The van der Waals surface area contributed by atoms with Gasteiger partial charge in [0.25, 0.3) is 0 Å². The standard InChI is InChI=1S/C16H10BrF3N6OS/c17-10-1-6-14-21-11(8-25(14)7-10)9-28-15-22-23-24-26(15)12-2-4-13(5-3-12)27-16(18,19)20/h1-8H,9H2. The molecule has 28 heavy (non-hydrogen) atoms. The third-order valence-corrected chi connectivity index (χ3v) is 4.99. The van der Waals surface area contributed by atoms with E-state index in [1.807, 2.05) is 28.9 Å². The quantitative estimate of drug-likeness (QED) is 0.405. The highest BCUT2D eigenvalue weighted by molar-refractivity contribution is 9.10. The lowest BCUT2D eigenvalue weighted by atomic mass is 10.3. The van der Waals surface area contributed by atoms with E-state index >= 15 is 0 Å². The predicted molar refractivity (Wildman–Crippen MR) is 98.3 cm³/mol. The molecular formula is C16H10BrF3N6OS. The molecule has 0 aliphatic carbocycles. The second-order valence-corrected chi connectivity index (χ2v) is 7.41. The number of hydrogen-bond acceptors (Lipinski definition) is 6. The number of ether oxygens (including phenoxy) is 1. The van der Waals surface area contributed by atoms with Gasteiger partial charge in [-0.3, -0.25) is 0 Å². The second-order valence-electron chi connectivity index (χ2n) is 5.55. The van der Waals surface area contributed by atoms with Gasteiger partial charge in [0, 0.05) is 22.6 Å². The van der Waals surface area contributed by atoms with Gasteiger partial charge in [-0.2, -0.15) is 4.68 Å². The van der Waals surface area contributed by atoms with Gasteiger partial charge in [0.1, 0.15) is 11.4 Å². The molecule has 0 N–H and O–H groups in total. The van der Waals surface area contributed by atoms with Gasteiger partial charge in [-0.1, -0.05) is 11.8 Å². The first kappa shape index (κ1) is 18.7. The van der Waals surface area contributed by atoms with Crippen molar-refractivity contribution in [2.45, 2.75) is 17.3 Å². The van der Waals surface area contributed by atoms with Gasteiger partial charge >= 0.3 is 6.36 Å². The predicted octanol–water partition coefficient (Wildman–Crippen LogP) is 4.26. The summed E-state index contributed by atoms with van der Waals surface area (Å²) in [5.74, 6) is 0.212. The number of alkyl halides is 3. The molecule has 4 rings (SSSR count). The van der Waals surface area contributed by atoms with Crippen LogP contribution in [0, 0.1) is 0 Å². The lowest BCUT2D eigenvalue weighted by molar-refractivity contribution is -0.274. The molecular weight excluding hydrogens is 461 g/mol. The first-order valence-corrected chi connectivity index (χ1v) is 9.56.